The maximum Gasteiger partial charge on any atom is 0.243 e. The van der Waals surface area contributed by atoms with Crippen LogP contribution in [-0.2, 0) is 16.6 Å². The van der Waals surface area contributed by atoms with E-state index in [1.54, 1.807) is 26.0 Å². The highest BCUT2D eigenvalue weighted by molar-refractivity contribution is 7.89. The minimum absolute atomic E-state index is 0.179. The molecule has 9 heteroatoms. The van der Waals surface area contributed by atoms with Crippen LogP contribution in [0.3, 0.4) is 0 Å². The van der Waals surface area contributed by atoms with Gasteiger partial charge in [-0.25, -0.2) is 8.42 Å². The normalized spacial score (nSPS) is 12.0. The summed E-state index contributed by atoms with van der Waals surface area (Å²) in [5, 5.41) is 8.53. The van der Waals surface area contributed by atoms with Gasteiger partial charge in [-0.3, -0.25) is 0 Å². The van der Waals surface area contributed by atoms with Crippen LogP contribution in [-0.4, -0.2) is 41.0 Å². The molecule has 26 heavy (non-hydrogen) atoms. The van der Waals surface area contributed by atoms with Crippen LogP contribution in [0.1, 0.15) is 19.4 Å². The van der Waals surface area contributed by atoms with Gasteiger partial charge in [0.2, 0.25) is 10.0 Å². The third-order valence-corrected chi connectivity index (χ3v) is 6.44. The quantitative estimate of drug-likeness (QED) is 0.615. The van der Waals surface area contributed by atoms with E-state index >= 15 is 0 Å². The predicted octanol–water partition coefficient (Wildman–Crippen LogP) is 2.74. The zero-order chi connectivity index (χ0) is 18.7. The molecule has 0 atom stereocenters. The molecule has 0 saturated heterocycles. The van der Waals surface area contributed by atoms with Crippen LogP contribution >= 0.6 is 11.6 Å². The third kappa shape index (κ3) is 3.53. The van der Waals surface area contributed by atoms with Gasteiger partial charge in [0.25, 0.3) is 0 Å². The molecule has 0 amide bonds. The zero-order valence-corrected chi connectivity index (χ0v) is 16.0. The summed E-state index contributed by atoms with van der Waals surface area (Å²) in [6.07, 6.45) is 0. The van der Waals surface area contributed by atoms with Gasteiger partial charge >= 0.3 is 0 Å². The van der Waals surface area contributed by atoms with Crippen molar-refractivity contribution in [1.29, 1.82) is 0 Å². The lowest BCUT2D eigenvalue weighted by atomic mass is 10.2. The van der Waals surface area contributed by atoms with Crippen LogP contribution in [0, 0.1) is 0 Å². The van der Waals surface area contributed by atoms with Gasteiger partial charge in [0.15, 0.2) is 0 Å². The lowest BCUT2D eigenvalue weighted by molar-refractivity contribution is 0.0751. The SMILES string of the molecule is CCN(CC)S(=O)(=O)c1ccc2nnn(OCc3ccccc3Cl)c2c1. The molecule has 0 fully saturated rings. The van der Waals surface area contributed by atoms with Gasteiger partial charge in [-0.15, -0.1) is 5.10 Å². The summed E-state index contributed by atoms with van der Waals surface area (Å²) in [6.45, 7) is 4.59. The molecule has 3 rings (SSSR count). The smallest absolute Gasteiger partial charge is 0.243 e. The van der Waals surface area contributed by atoms with Crippen molar-refractivity contribution in [3.05, 3.63) is 53.1 Å². The topological polar surface area (TPSA) is 77.3 Å². The van der Waals surface area contributed by atoms with Crippen molar-refractivity contribution in [2.75, 3.05) is 13.1 Å². The van der Waals surface area contributed by atoms with E-state index in [-0.39, 0.29) is 11.5 Å². The highest BCUT2D eigenvalue weighted by Gasteiger charge is 2.23. The van der Waals surface area contributed by atoms with E-state index in [1.165, 1.54) is 21.3 Å². The third-order valence-electron chi connectivity index (χ3n) is 4.03. The Balaban J connectivity index is 1.92. The number of nitrogens with zero attached hydrogens (tertiary/aromatic N) is 4. The lowest BCUT2D eigenvalue weighted by Gasteiger charge is -2.18. The first-order chi connectivity index (χ1) is 12.5. The van der Waals surface area contributed by atoms with Gasteiger partial charge in [0.1, 0.15) is 17.6 Å². The van der Waals surface area contributed by atoms with E-state index in [4.69, 9.17) is 16.4 Å². The summed E-state index contributed by atoms with van der Waals surface area (Å²) >= 11 is 6.12. The van der Waals surface area contributed by atoms with Crippen molar-refractivity contribution in [2.24, 2.45) is 0 Å². The van der Waals surface area contributed by atoms with Gasteiger partial charge in [-0.1, -0.05) is 48.5 Å². The van der Waals surface area contributed by atoms with Gasteiger partial charge in [0, 0.05) is 23.7 Å². The van der Waals surface area contributed by atoms with E-state index in [0.29, 0.717) is 29.1 Å². The van der Waals surface area contributed by atoms with E-state index < -0.39 is 10.0 Å². The molecule has 3 aromatic rings. The summed E-state index contributed by atoms with van der Waals surface area (Å²) in [5.41, 5.74) is 1.82. The van der Waals surface area contributed by atoms with Crippen molar-refractivity contribution in [3.63, 3.8) is 0 Å². The Morgan fingerprint density at radius 1 is 1.15 bits per heavy atom. The zero-order valence-electron chi connectivity index (χ0n) is 14.5. The molecule has 0 saturated carbocycles. The van der Waals surface area contributed by atoms with E-state index in [0.717, 1.165) is 5.56 Å². The largest absolute Gasteiger partial charge is 0.390 e. The molecule has 2 aromatic carbocycles. The van der Waals surface area contributed by atoms with Crippen molar-refractivity contribution in [3.8, 4) is 0 Å². The fourth-order valence-electron chi connectivity index (χ4n) is 2.59. The van der Waals surface area contributed by atoms with Crippen molar-refractivity contribution in [2.45, 2.75) is 25.3 Å². The molecule has 0 aliphatic rings. The minimum Gasteiger partial charge on any atom is -0.390 e. The summed E-state index contributed by atoms with van der Waals surface area (Å²) < 4.78 is 26.8. The molecule has 0 spiro atoms. The van der Waals surface area contributed by atoms with Crippen molar-refractivity contribution >= 4 is 32.7 Å². The number of sulfonamides is 1. The highest BCUT2D eigenvalue weighted by atomic mass is 35.5. The van der Waals surface area contributed by atoms with Gasteiger partial charge < -0.3 is 4.84 Å². The Morgan fingerprint density at radius 3 is 2.58 bits per heavy atom. The molecular formula is C17H19ClN4O3S. The van der Waals surface area contributed by atoms with Crippen LogP contribution in [0.4, 0.5) is 0 Å². The highest BCUT2D eigenvalue weighted by Crippen LogP contribution is 2.21. The second-order valence-electron chi connectivity index (χ2n) is 5.57. The van der Waals surface area contributed by atoms with Gasteiger partial charge in [-0.2, -0.15) is 4.31 Å². The molecule has 1 aromatic heterocycles. The number of aromatic nitrogens is 3. The summed E-state index contributed by atoms with van der Waals surface area (Å²) in [5.74, 6) is 0. The second-order valence-corrected chi connectivity index (χ2v) is 7.91. The molecule has 0 bridgehead atoms. The molecule has 0 aliphatic carbocycles. The molecule has 0 aliphatic heterocycles. The Bertz CT molecular complexity index is 1020. The van der Waals surface area contributed by atoms with Crippen LogP contribution in [0.15, 0.2) is 47.4 Å². The molecule has 0 unspecified atom stereocenters. The van der Waals surface area contributed by atoms with Crippen LogP contribution in [0.2, 0.25) is 5.02 Å². The first kappa shape index (κ1) is 18.6. The second kappa shape index (κ2) is 7.61. The van der Waals surface area contributed by atoms with Gasteiger partial charge in [0.05, 0.1) is 4.90 Å². The van der Waals surface area contributed by atoms with Crippen molar-refractivity contribution < 1.29 is 13.3 Å². The van der Waals surface area contributed by atoms with Crippen LogP contribution < -0.4 is 4.84 Å². The average molecular weight is 395 g/mol. The van der Waals surface area contributed by atoms with Crippen LogP contribution in [0.5, 0.6) is 0 Å². The Hall–Kier alpha value is -2.16. The summed E-state index contributed by atoms with van der Waals surface area (Å²) in [4.78, 5) is 7.06. The molecule has 0 radical (unpaired) electrons. The first-order valence-electron chi connectivity index (χ1n) is 8.19. The molecule has 7 nitrogen and oxygen atoms in total. The van der Waals surface area contributed by atoms with Crippen LogP contribution in [0.25, 0.3) is 11.0 Å². The maximum atomic E-state index is 12.7. The predicted molar refractivity (Wildman–Crippen MR) is 99.4 cm³/mol. The standard InChI is InChI=1S/C17H19ClN4O3S/c1-3-21(4-2)26(23,24)14-9-10-16-17(11-14)22(20-19-16)25-12-13-7-5-6-8-15(13)18/h5-11H,3-4,12H2,1-2H3. The fourth-order valence-corrected chi connectivity index (χ4v) is 4.26. The Kier molecular flexibility index (Phi) is 5.45. The van der Waals surface area contributed by atoms with E-state index in [1.807, 2.05) is 18.2 Å². The number of hydrogen-bond acceptors (Lipinski definition) is 5. The summed E-state index contributed by atoms with van der Waals surface area (Å²) in [7, 11) is -3.57. The molecule has 0 N–H and O–H groups in total. The average Bonchev–Trinajstić information content (AvgIpc) is 3.04. The Morgan fingerprint density at radius 2 is 1.88 bits per heavy atom. The molecule has 138 valence electrons. The molecule has 1 heterocycles. The number of hydrogen-bond donors (Lipinski definition) is 0. The van der Waals surface area contributed by atoms with E-state index in [2.05, 4.69) is 10.3 Å². The monoisotopic (exact) mass is 394 g/mol. The number of benzene rings is 2. The number of rotatable bonds is 7. The van der Waals surface area contributed by atoms with Crippen molar-refractivity contribution in [1.82, 2.24) is 19.5 Å². The number of fused-ring (bicyclic) bond motifs is 1. The Labute approximate surface area is 157 Å². The molecular weight excluding hydrogens is 376 g/mol. The minimum atomic E-state index is -3.57. The lowest BCUT2D eigenvalue weighted by Crippen LogP contribution is -2.30. The number of halogens is 1. The van der Waals surface area contributed by atoms with Gasteiger partial charge in [-0.05, 0) is 29.5 Å². The first-order valence-corrected chi connectivity index (χ1v) is 10.0. The summed E-state index contributed by atoms with van der Waals surface area (Å²) in [6, 6.07) is 12.0. The fraction of sp³-hybridized carbons (Fsp3) is 0.294. The maximum absolute atomic E-state index is 12.7. The van der Waals surface area contributed by atoms with E-state index in [9.17, 15) is 8.42 Å².